The molecule has 0 aliphatic carbocycles. The van der Waals surface area contributed by atoms with Crippen molar-refractivity contribution in [3.8, 4) is 0 Å². The average molecular weight is 255 g/mol. The maximum absolute atomic E-state index is 11.4. The Kier molecular flexibility index (Phi) is 4.70. The summed E-state index contributed by atoms with van der Waals surface area (Å²) in [5, 5.41) is 19.5. The van der Waals surface area contributed by atoms with Gasteiger partial charge in [0.2, 0.25) is 5.91 Å². The maximum atomic E-state index is 11.4. The van der Waals surface area contributed by atoms with Gasteiger partial charge in [0.1, 0.15) is 5.03 Å². The van der Waals surface area contributed by atoms with Crippen LogP contribution in [-0.4, -0.2) is 51.9 Å². The Morgan fingerprint density at radius 2 is 2.35 bits per heavy atom. The second kappa shape index (κ2) is 6.04. The van der Waals surface area contributed by atoms with Crippen molar-refractivity contribution in [3.05, 3.63) is 17.8 Å². The first kappa shape index (κ1) is 13.2. The summed E-state index contributed by atoms with van der Waals surface area (Å²) in [7, 11) is 3.34. The van der Waals surface area contributed by atoms with Gasteiger partial charge in [-0.25, -0.2) is 0 Å². The van der Waals surface area contributed by atoms with Crippen LogP contribution in [0.25, 0.3) is 0 Å². The fourth-order valence-electron chi connectivity index (χ4n) is 0.933. The van der Waals surface area contributed by atoms with Gasteiger partial charge in [0.15, 0.2) is 5.84 Å². The monoisotopic (exact) mass is 255 g/mol. The summed E-state index contributed by atoms with van der Waals surface area (Å²) in [6.45, 7) is 0. The Hall–Kier alpha value is -1.83. The lowest BCUT2D eigenvalue weighted by Crippen LogP contribution is -2.24. The lowest BCUT2D eigenvalue weighted by atomic mass is 10.3. The molecule has 0 unspecified atom stereocenters. The van der Waals surface area contributed by atoms with E-state index in [9.17, 15) is 4.79 Å². The minimum atomic E-state index is -0.0558. The summed E-state index contributed by atoms with van der Waals surface area (Å²) in [6.07, 6.45) is 1.44. The van der Waals surface area contributed by atoms with Gasteiger partial charge in [-0.15, -0.1) is 5.10 Å². The minimum absolute atomic E-state index is 0.0499. The summed E-state index contributed by atoms with van der Waals surface area (Å²) >= 11 is 1.19. The first-order valence-electron chi connectivity index (χ1n) is 4.68. The van der Waals surface area contributed by atoms with Crippen molar-refractivity contribution in [2.45, 2.75) is 5.03 Å². The van der Waals surface area contributed by atoms with Crippen LogP contribution in [0.2, 0.25) is 0 Å². The second-order valence-electron chi connectivity index (χ2n) is 3.31. The molecule has 17 heavy (non-hydrogen) atoms. The predicted molar refractivity (Wildman–Crippen MR) is 64.0 cm³/mol. The Bertz CT molecular complexity index is 435. The van der Waals surface area contributed by atoms with E-state index in [-0.39, 0.29) is 17.5 Å². The standard InChI is InChI=1S/C9H13N5O2S/c1-14(2)7(15)5-17-9-6(8(10)13-16)3-4-11-12-9/h3-4,16H,5H2,1-2H3,(H2,10,13). The summed E-state index contributed by atoms with van der Waals surface area (Å²) in [6, 6.07) is 1.57. The molecule has 1 aromatic heterocycles. The van der Waals surface area contributed by atoms with Gasteiger partial charge in [0.05, 0.1) is 17.5 Å². The first-order chi connectivity index (χ1) is 8.06. The lowest BCUT2D eigenvalue weighted by Gasteiger charge is -2.10. The minimum Gasteiger partial charge on any atom is -0.409 e. The molecule has 0 aliphatic rings. The molecule has 1 rings (SSSR count). The molecule has 0 aliphatic heterocycles. The first-order valence-corrected chi connectivity index (χ1v) is 5.67. The quantitative estimate of drug-likeness (QED) is 0.253. The number of oxime groups is 1. The Morgan fingerprint density at radius 1 is 1.65 bits per heavy atom. The van der Waals surface area contributed by atoms with Gasteiger partial charge in [0.25, 0.3) is 0 Å². The molecule has 8 heteroatoms. The number of nitrogens with two attached hydrogens (primary N) is 1. The molecule has 1 amide bonds. The molecule has 1 heterocycles. The maximum Gasteiger partial charge on any atom is 0.232 e. The van der Waals surface area contributed by atoms with Crippen LogP contribution in [0.1, 0.15) is 5.56 Å². The summed E-state index contributed by atoms with van der Waals surface area (Å²) in [5.74, 6) is 0.114. The molecule has 1 aromatic rings. The number of carbonyl (C=O) groups excluding carboxylic acids is 1. The second-order valence-corrected chi connectivity index (χ2v) is 4.28. The molecule has 7 nitrogen and oxygen atoms in total. The van der Waals surface area contributed by atoms with E-state index in [1.165, 1.54) is 22.9 Å². The van der Waals surface area contributed by atoms with Crippen molar-refractivity contribution in [2.24, 2.45) is 10.9 Å². The molecule has 0 aromatic carbocycles. The zero-order chi connectivity index (χ0) is 12.8. The molecule has 0 saturated heterocycles. The van der Waals surface area contributed by atoms with E-state index in [0.29, 0.717) is 10.6 Å². The average Bonchev–Trinajstić information content (AvgIpc) is 2.35. The number of aromatic nitrogens is 2. The molecular formula is C9H13N5O2S. The molecule has 0 fully saturated rings. The summed E-state index contributed by atoms with van der Waals surface area (Å²) in [5.41, 5.74) is 5.94. The topological polar surface area (TPSA) is 105 Å². The van der Waals surface area contributed by atoms with Gasteiger partial charge < -0.3 is 15.8 Å². The zero-order valence-corrected chi connectivity index (χ0v) is 10.3. The van der Waals surface area contributed by atoms with Gasteiger partial charge in [-0.1, -0.05) is 16.9 Å². The highest BCUT2D eigenvalue weighted by Gasteiger charge is 2.12. The molecule has 92 valence electrons. The summed E-state index contributed by atoms with van der Waals surface area (Å²) in [4.78, 5) is 12.9. The van der Waals surface area contributed by atoms with Crippen molar-refractivity contribution < 1.29 is 10.0 Å². The number of thioether (sulfide) groups is 1. The number of hydrogen-bond acceptors (Lipinski definition) is 6. The van der Waals surface area contributed by atoms with E-state index in [1.807, 2.05) is 0 Å². The van der Waals surface area contributed by atoms with Crippen LogP contribution in [0.15, 0.2) is 22.4 Å². The number of nitrogens with zero attached hydrogens (tertiary/aromatic N) is 4. The number of carbonyl (C=O) groups is 1. The molecule has 3 N–H and O–H groups in total. The number of rotatable bonds is 4. The predicted octanol–water partition coefficient (Wildman–Crippen LogP) is -0.249. The van der Waals surface area contributed by atoms with Crippen LogP contribution in [0, 0.1) is 0 Å². The van der Waals surface area contributed by atoms with Crippen LogP contribution in [0.5, 0.6) is 0 Å². The molecule has 0 spiro atoms. The number of amidine groups is 1. The van der Waals surface area contributed by atoms with Crippen LogP contribution < -0.4 is 5.73 Å². The molecule has 0 atom stereocenters. The lowest BCUT2D eigenvalue weighted by molar-refractivity contribution is -0.125. The Morgan fingerprint density at radius 3 is 2.94 bits per heavy atom. The van der Waals surface area contributed by atoms with Crippen LogP contribution in [0.4, 0.5) is 0 Å². The van der Waals surface area contributed by atoms with E-state index in [4.69, 9.17) is 10.9 Å². The van der Waals surface area contributed by atoms with Gasteiger partial charge in [-0.3, -0.25) is 4.79 Å². The van der Waals surface area contributed by atoms with E-state index in [1.54, 1.807) is 20.2 Å². The Balaban J connectivity index is 2.81. The number of amides is 1. The van der Waals surface area contributed by atoms with Crippen molar-refractivity contribution in [3.63, 3.8) is 0 Å². The van der Waals surface area contributed by atoms with Gasteiger partial charge in [0, 0.05) is 14.1 Å². The van der Waals surface area contributed by atoms with Crippen molar-refractivity contribution in [2.75, 3.05) is 19.8 Å². The van der Waals surface area contributed by atoms with Crippen molar-refractivity contribution in [1.82, 2.24) is 15.1 Å². The summed E-state index contributed by atoms with van der Waals surface area (Å²) < 4.78 is 0. The van der Waals surface area contributed by atoms with E-state index in [2.05, 4.69) is 15.4 Å². The smallest absolute Gasteiger partial charge is 0.232 e. The normalized spacial score (nSPS) is 11.3. The van der Waals surface area contributed by atoms with Gasteiger partial charge in [-0.05, 0) is 6.07 Å². The molecule has 0 saturated carbocycles. The van der Waals surface area contributed by atoms with Gasteiger partial charge >= 0.3 is 0 Å². The third-order valence-electron chi connectivity index (χ3n) is 1.90. The molecular weight excluding hydrogens is 242 g/mol. The fourth-order valence-corrected chi connectivity index (χ4v) is 1.88. The SMILES string of the molecule is CN(C)C(=O)CSc1nnccc1/C(N)=N/O. The van der Waals surface area contributed by atoms with Crippen LogP contribution in [0.3, 0.4) is 0 Å². The van der Waals surface area contributed by atoms with Crippen molar-refractivity contribution >= 4 is 23.5 Å². The van der Waals surface area contributed by atoms with Gasteiger partial charge in [-0.2, -0.15) is 5.10 Å². The molecule has 0 bridgehead atoms. The zero-order valence-electron chi connectivity index (χ0n) is 9.49. The van der Waals surface area contributed by atoms with Crippen molar-refractivity contribution in [1.29, 1.82) is 0 Å². The van der Waals surface area contributed by atoms with Crippen LogP contribution in [-0.2, 0) is 4.79 Å². The largest absolute Gasteiger partial charge is 0.409 e. The molecule has 0 radical (unpaired) electrons. The highest BCUT2D eigenvalue weighted by Crippen LogP contribution is 2.19. The number of hydrogen-bond donors (Lipinski definition) is 2. The third-order valence-corrected chi connectivity index (χ3v) is 2.87. The fraction of sp³-hybridized carbons (Fsp3) is 0.333. The third kappa shape index (κ3) is 3.59. The van der Waals surface area contributed by atoms with E-state index < -0.39 is 0 Å². The van der Waals surface area contributed by atoms with Crippen LogP contribution >= 0.6 is 11.8 Å². The van der Waals surface area contributed by atoms with E-state index in [0.717, 1.165) is 0 Å². The highest BCUT2D eigenvalue weighted by molar-refractivity contribution is 8.00. The van der Waals surface area contributed by atoms with E-state index >= 15 is 0 Å². The highest BCUT2D eigenvalue weighted by atomic mass is 32.2. The Labute approximate surface area is 103 Å².